The highest BCUT2D eigenvalue weighted by atomic mass is 79.9. The Balaban J connectivity index is 2.15. The molecule has 1 heterocycles. The first-order valence-corrected chi connectivity index (χ1v) is 7.82. The second kappa shape index (κ2) is 5.85. The van der Waals surface area contributed by atoms with Crippen molar-refractivity contribution >= 4 is 33.7 Å². The Kier molecular flexibility index (Phi) is 4.58. The Morgan fingerprint density at radius 3 is 2.68 bits per heavy atom. The molecule has 19 heavy (non-hydrogen) atoms. The number of carboxylic acid groups (broad SMARTS) is 1. The van der Waals surface area contributed by atoms with Crippen molar-refractivity contribution in [2.24, 2.45) is 0 Å². The zero-order chi connectivity index (χ0) is 14.0. The number of rotatable bonds is 5. The molecule has 0 aromatic heterocycles. The van der Waals surface area contributed by atoms with Gasteiger partial charge in [0.15, 0.2) is 0 Å². The molecule has 1 N–H and O–H groups in total. The van der Waals surface area contributed by atoms with Crippen LogP contribution in [0.4, 0.5) is 0 Å². The van der Waals surface area contributed by atoms with Crippen LogP contribution in [0.3, 0.4) is 0 Å². The van der Waals surface area contributed by atoms with Crippen molar-refractivity contribution < 1.29 is 14.6 Å². The molecule has 0 atom stereocenters. The van der Waals surface area contributed by atoms with Gasteiger partial charge in [-0.3, -0.25) is 4.79 Å². The molecule has 0 spiro atoms. The number of carboxylic acids is 1. The lowest BCUT2D eigenvalue weighted by molar-refractivity contribution is -0.138. The lowest BCUT2D eigenvalue weighted by atomic mass is 9.82. The fourth-order valence-corrected chi connectivity index (χ4v) is 3.62. The summed E-state index contributed by atoms with van der Waals surface area (Å²) in [6.45, 7) is 5.53. The second-order valence-corrected chi connectivity index (χ2v) is 7.57. The molecule has 0 radical (unpaired) electrons. The Bertz CT molecular complexity index is 484. The summed E-state index contributed by atoms with van der Waals surface area (Å²) in [6, 6.07) is 6.12. The van der Waals surface area contributed by atoms with Crippen LogP contribution in [0.5, 0.6) is 0 Å². The summed E-state index contributed by atoms with van der Waals surface area (Å²) in [6.07, 6.45) is 0.127. The van der Waals surface area contributed by atoms with E-state index in [-0.39, 0.29) is 11.8 Å². The van der Waals surface area contributed by atoms with Crippen LogP contribution in [0.25, 0.3) is 0 Å². The maximum atomic E-state index is 10.9. The molecule has 0 saturated carbocycles. The SMILES string of the molecule is CC(C)(CC(=O)O)c1ccc(SC2COC2)c(Br)c1. The number of ether oxygens (including phenoxy) is 1. The van der Waals surface area contributed by atoms with E-state index in [0.29, 0.717) is 5.25 Å². The van der Waals surface area contributed by atoms with Crippen molar-refractivity contribution in [2.45, 2.75) is 35.8 Å². The van der Waals surface area contributed by atoms with E-state index in [0.717, 1.165) is 23.2 Å². The maximum Gasteiger partial charge on any atom is 0.304 e. The smallest absolute Gasteiger partial charge is 0.304 e. The van der Waals surface area contributed by atoms with E-state index >= 15 is 0 Å². The van der Waals surface area contributed by atoms with E-state index in [4.69, 9.17) is 9.84 Å². The third kappa shape index (κ3) is 3.74. The van der Waals surface area contributed by atoms with Crippen molar-refractivity contribution in [3.8, 4) is 0 Å². The lowest BCUT2D eigenvalue weighted by Gasteiger charge is -2.27. The quantitative estimate of drug-likeness (QED) is 0.884. The minimum absolute atomic E-state index is 0.127. The Morgan fingerprint density at radius 2 is 2.21 bits per heavy atom. The van der Waals surface area contributed by atoms with Gasteiger partial charge in [0.2, 0.25) is 0 Å². The van der Waals surface area contributed by atoms with Crippen molar-refractivity contribution in [3.63, 3.8) is 0 Å². The molecular weight excluding hydrogens is 328 g/mol. The molecule has 5 heteroatoms. The van der Waals surface area contributed by atoms with Crippen molar-refractivity contribution in [1.82, 2.24) is 0 Å². The number of carbonyl (C=O) groups is 1. The van der Waals surface area contributed by atoms with Crippen molar-refractivity contribution in [1.29, 1.82) is 0 Å². The topological polar surface area (TPSA) is 46.5 Å². The number of hydrogen-bond donors (Lipinski definition) is 1. The average Bonchev–Trinajstić information content (AvgIpc) is 2.23. The van der Waals surface area contributed by atoms with Crippen LogP contribution in [0, 0.1) is 0 Å². The van der Waals surface area contributed by atoms with E-state index in [1.54, 1.807) is 11.8 Å². The molecular formula is C14H17BrO3S. The number of hydrogen-bond acceptors (Lipinski definition) is 3. The highest BCUT2D eigenvalue weighted by molar-refractivity contribution is 9.10. The van der Waals surface area contributed by atoms with Crippen molar-refractivity contribution in [3.05, 3.63) is 28.2 Å². The van der Waals surface area contributed by atoms with Gasteiger partial charge in [0, 0.05) is 14.8 Å². The molecule has 0 unspecified atom stereocenters. The van der Waals surface area contributed by atoms with Gasteiger partial charge in [-0.15, -0.1) is 11.8 Å². The number of thioether (sulfide) groups is 1. The van der Waals surface area contributed by atoms with Gasteiger partial charge in [-0.05, 0) is 33.6 Å². The third-order valence-electron chi connectivity index (χ3n) is 3.21. The van der Waals surface area contributed by atoms with E-state index in [9.17, 15) is 4.79 Å². The number of aliphatic carboxylic acids is 1. The van der Waals surface area contributed by atoms with Crippen LogP contribution in [-0.2, 0) is 14.9 Å². The minimum atomic E-state index is -0.772. The summed E-state index contributed by atoms with van der Waals surface area (Å²) < 4.78 is 6.20. The Labute approximate surface area is 125 Å². The molecule has 1 aromatic carbocycles. The molecule has 2 rings (SSSR count). The van der Waals surface area contributed by atoms with Crippen molar-refractivity contribution in [2.75, 3.05) is 13.2 Å². The lowest BCUT2D eigenvalue weighted by Crippen LogP contribution is -2.30. The van der Waals surface area contributed by atoms with Crippen LogP contribution in [0.15, 0.2) is 27.6 Å². The normalized spacial score (nSPS) is 16.2. The van der Waals surface area contributed by atoms with E-state index in [2.05, 4.69) is 22.0 Å². The number of benzene rings is 1. The van der Waals surface area contributed by atoms with Gasteiger partial charge in [0.25, 0.3) is 0 Å². The van der Waals surface area contributed by atoms with Crippen LogP contribution in [0.1, 0.15) is 25.8 Å². The molecule has 1 aromatic rings. The molecule has 0 bridgehead atoms. The summed E-state index contributed by atoms with van der Waals surface area (Å²) in [5.74, 6) is -0.772. The fourth-order valence-electron chi connectivity index (χ4n) is 1.96. The second-order valence-electron chi connectivity index (χ2n) is 5.38. The molecule has 0 aliphatic carbocycles. The largest absolute Gasteiger partial charge is 0.481 e. The highest BCUT2D eigenvalue weighted by Gasteiger charge is 2.26. The van der Waals surface area contributed by atoms with Gasteiger partial charge in [-0.2, -0.15) is 0 Å². The molecule has 1 aliphatic rings. The standard InChI is InChI=1S/C14H17BrO3S/c1-14(2,6-13(16)17)9-3-4-12(11(15)5-9)19-10-7-18-8-10/h3-5,10H,6-8H2,1-2H3,(H,16,17). The van der Waals surface area contributed by atoms with Gasteiger partial charge in [-0.25, -0.2) is 0 Å². The minimum Gasteiger partial charge on any atom is -0.481 e. The van der Waals surface area contributed by atoms with Gasteiger partial charge >= 0.3 is 5.97 Å². The highest BCUT2D eigenvalue weighted by Crippen LogP contribution is 2.37. The summed E-state index contributed by atoms with van der Waals surface area (Å²) in [4.78, 5) is 12.1. The van der Waals surface area contributed by atoms with Gasteiger partial charge in [0.1, 0.15) is 0 Å². The van der Waals surface area contributed by atoms with Crippen LogP contribution in [-0.4, -0.2) is 29.5 Å². The first-order valence-electron chi connectivity index (χ1n) is 6.15. The summed E-state index contributed by atoms with van der Waals surface area (Å²) >= 11 is 5.38. The van der Waals surface area contributed by atoms with Crippen LogP contribution >= 0.6 is 27.7 Å². The predicted molar refractivity (Wildman–Crippen MR) is 79.9 cm³/mol. The number of halogens is 1. The van der Waals surface area contributed by atoms with Crippen LogP contribution < -0.4 is 0 Å². The average molecular weight is 345 g/mol. The summed E-state index contributed by atoms with van der Waals surface area (Å²) in [7, 11) is 0. The summed E-state index contributed by atoms with van der Waals surface area (Å²) in [5.41, 5.74) is 0.674. The molecule has 1 aliphatic heterocycles. The molecule has 1 saturated heterocycles. The zero-order valence-corrected chi connectivity index (χ0v) is 13.4. The van der Waals surface area contributed by atoms with E-state index in [1.807, 2.05) is 26.0 Å². The molecule has 3 nitrogen and oxygen atoms in total. The maximum absolute atomic E-state index is 10.9. The zero-order valence-electron chi connectivity index (χ0n) is 11.0. The monoisotopic (exact) mass is 344 g/mol. The molecule has 104 valence electrons. The van der Waals surface area contributed by atoms with Crippen LogP contribution in [0.2, 0.25) is 0 Å². The molecule has 1 fully saturated rings. The summed E-state index contributed by atoms with van der Waals surface area (Å²) in [5, 5.41) is 9.50. The van der Waals surface area contributed by atoms with Gasteiger partial charge in [-0.1, -0.05) is 19.9 Å². The molecule has 0 amide bonds. The first-order chi connectivity index (χ1) is 8.88. The third-order valence-corrected chi connectivity index (χ3v) is 5.34. The Hall–Kier alpha value is -0.520. The van der Waals surface area contributed by atoms with E-state index in [1.165, 1.54) is 4.90 Å². The van der Waals surface area contributed by atoms with Gasteiger partial charge < -0.3 is 9.84 Å². The first kappa shape index (κ1) is 14.9. The van der Waals surface area contributed by atoms with Gasteiger partial charge in [0.05, 0.1) is 24.9 Å². The predicted octanol–water partition coefficient (Wildman–Crippen LogP) is 3.69. The fraction of sp³-hybridized carbons (Fsp3) is 0.500. The van der Waals surface area contributed by atoms with E-state index < -0.39 is 5.97 Å². The Morgan fingerprint density at radius 1 is 1.53 bits per heavy atom.